The highest BCUT2D eigenvalue weighted by atomic mass is 31.2. The molecule has 0 rings (SSSR count). The van der Waals surface area contributed by atoms with E-state index in [1.165, 1.54) is 57.8 Å². The fourth-order valence-corrected chi connectivity index (χ4v) is 5.62. The zero-order chi connectivity index (χ0) is 35.8. The van der Waals surface area contributed by atoms with Crippen molar-refractivity contribution < 1.29 is 32.9 Å². The first-order chi connectivity index (χ1) is 23.0. The van der Waals surface area contributed by atoms with Crippen LogP contribution in [0.2, 0.25) is 0 Å². The average molecular weight is 697 g/mol. The van der Waals surface area contributed by atoms with Crippen molar-refractivity contribution in [2.75, 3.05) is 40.9 Å². The Labute approximate surface area is 295 Å². The number of carbonyl (C=O) groups excluding carboxylic acids is 1. The number of nitrogens with one attached hydrogen (secondary N) is 1. The standard InChI is InChI=1S/C39H73N2O6P/c1-6-8-10-12-14-16-18-19-20-21-22-23-25-27-29-31-33-39(43)40-37(36-47-48(44,45)46-35-34-41(3,4)5)38(42)32-30-28-26-24-17-15-13-11-9-7-2/h16-18,20-21,24,30,32,37-38,42H,6-15,19,22-23,25-29,31,33-36H2,1-5H3,(H-,40,43,44,45)/b18-16-,21-20-,24-17+,32-30+. The number of quaternary nitrogens is 1. The number of likely N-dealkylation sites (N-methyl/N-ethyl adjacent to an activating group) is 1. The average Bonchev–Trinajstić information content (AvgIpc) is 3.02. The van der Waals surface area contributed by atoms with Crippen molar-refractivity contribution in [1.82, 2.24) is 5.32 Å². The molecule has 3 atom stereocenters. The molecule has 0 aromatic rings. The monoisotopic (exact) mass is 697 g/mol. The normalized spacial score (nSPS) is 15.2. The molecule has 1 amide bonds. The first-order valence-corrected chi connectivity index (χ1v) is 20.5. The minimum atomic E-state index is -4.59. The summed E-state index contributed by atoms with van der Waals surface area (Å²) in [6.07, 6.45) is 37.3. The summed E-state index contributed by atoms with van der Waals surface area (Å²) >= 11 is 0. The Hall–Kier alpha value is -1.54. The van der Waals surface area contributed by atoms with E-state index in [4.69, 9.17) is 9.05 Å². The summed E-state index contributed by atoms with van der Waals surface area (Å²) in [6.45, 7) is 4.52. The first kappa shape index (κ1) is 46.5. The fraction of sp³-hybridized carbons (Fsp3) is 0.769. The summed E-state index contributed by atoms with van der Waals surface area (Å²) in [4.78, 5) is 25.1. The maximum absolute atomic E-state index is 12.7. The molecule has 8 nitrogen and oxygen atoms in total. The number of hydrogen-bond acceptors (Lipinski definition) is 6. The molecule has 0 fully saturated rings. The second-order valence-corrected chi connectivity index (χ2v) is 15.3. The number of aliphatic hydroxyl groups is 1. The van der Waals surface area contributed by atoms with Crippen LogP contribution in [-0.2, 0) is 18.4 Å². The predicted molar refractivity (Wildman–Crippen MR) is 201 cm³/mol. The lowest BCUT2D eigenvalue weighted by molar-refractivity contribution is -0.870. The molecule has 0 bridgehead atoms. The second kappa shape index (κ2) is 31.4. The molecule has 0 saturated heterocycles. The molecule has 0 radical (unpaired) electrons. The van der Waals surface area contributed by atoms with E-state index < -0.39 is 26.6 Å². The quantitative estimate of drug-likeness (QED) is 0.0307. The molecule has 48 heavy (non-hydrogen) atoms. The van der Waals surface area contributed by atoms with E-state index in [-0.39, 0.29) is 12.5 Å². The molecule has 0 aromatic carbocycles. The van der Waals surface area contributed by atoms with Crippen LogP contribution in [-0.4, -0.2) is 68.5 Å². The number of carbonyl (C=O) groups is 1. The highest BCUT2D eigenvalue weighted by molar-refractivity contribution is 7.45. The molecule has 0 aliphatic heterocycles. The van der Waals surface area contributed by atoms with Gasteiger partial charge in [-0.15, -0.1) is 0 Å². The van der Waals surface area contributed by atoms with Gasteiger partial charge in [-0.3, -0.25) is 9.36 Å². The molecule has 0 aromatic heterocycles. The van der Waals surface area contributed by atoms with Crippen molar-refractivity contribution in [3.8, 4) is 0 Å². The Kier molecular flexibility index (Phi) is 30.4. The highest BCUT2D eigenvalue weighted by Gasteiger charge is 2.23. The Morgan fingerprint density at radius 1 is 0.729 bits per heavy atom. The third-order valence-electron chi connectivity index (χ3n) is 8.01. The number of hydrogen-bond donors (Lipinski definition) is 2. The Morgan fingerprint density at radius 3 is 1.81 bits per heavy atom. The van der Waals surface area contributed by atoms with Gasteiger partial charge in [0.1, 0.15) is 13.2 Å². The van der Waals surface area contributed by atoms with Crippen molar-refractivity contribution in [3.63, 3.8) is 0 Å². The second-order valence-electron chi connectivity index (χ2n) is 13.9. The van der Waals surface area contributed by atoms with E-state index in [0.717, 1.165) is 64.2 Å². The maximum atomic E-state index is 12.7. The topological polar surface area (TPSA) is 108 Å². The van der Waals surface area contributed by atoms with Gasteiger partial charge in [-0.1, -0.05) is 120 Å². The van der Waals surface area contributed by atoms with Crippen LogP contribution in [0, 0.1) is 0 Å². The maximum Gasteiger partial charge on any atom is 0.268 e. The van der Waals surface area contributed by atoms with E-state index >= 15 is 0 Å². The molecule has 0 aliphatic rings. The van der Waals surface area contributed by atoms with Crippen LogP contribution in [0.4, 0.5) is 0 Å². The van der Waals surface area contributed by atoms with Gasteiger partial charge in [0.2, 0.25) is 5.91 Å². The van der Waals surface area contributed by atoms with E-state index in [9.17, 15) is 19.4 Å². The predicted octanol–water partition coefficient (Wildman–Crippen LogP) is 9.11. The van der Waals surface area contributed by atoms with E-state index in [1.54, 1.807) is 6.08 Å². The molecule has 0 aliphatic carbocycles. The van der Waals surface area contributed by atoms with Gasteiger partial charge < -0.3 is 28.8 Å². The lowest BCUT2D eigenvalue weighted by Crippen LogP contribution is -2.45. The molecular weight excluding hydrogens is 623 g/mol. The van der Waals surface area contributed by atoms with Gasteiger partial charge in [0.25, 0.3) is 7.82 Å². The van der Waals surface area contributed by atoms with Crippen LogP contribution in [0.3, 0.4) is 0 Å². The minimum Gasteiger partial charge on any atom is -0.756 e. The van der Waals surface area contributed by atoms with Gasteiger partial charge in [-0.05, 0) is 64.2 Å². The zero-order valence-corrected chi connectivity index (χ0v) is 32.3. The SMILES string of the molecule is CCCCCC/C=C\C/C=C\CCCCCCCC(=O)NC(COP(=O)([O-])OCC[N+](C)(C)C)C(O)/C=C/CC/C=C/CCCCCC. The number of nitrogens with zero attached hydrogens (tertiary/aromatic N) is 1. The molecule has 3 unspecified atom stereocenters. The van der Waals surface area contributed by atoms with Crippen molar-refractivity contribution >= 4 is 13.7 Å². The molecular formula is C39H73N2O6P. The van der Waals surface area contributed by atoms with Crippen LogP contribution in [0.1, 0.15) is 142 Å². The lowest BCUT2D eigenvalue weighted by atomic mass is 10.1. The summed E-state index contributed by atoms with van der Waals surface area (Å²) in [5, 5.41) is 13.6. The molecule has 0 spiro atoms. The third-order valence-corrected chi connectivity index (χ3v) is 8.98. The van der Waals surface area contributed by atoms with Gasteiger partial charge >= 0.3 is 0 Å². The Bertz CT molecular complexity index is 928. The summed E-state index contributed by atoms with van der Waals surface area (Å²) in [5.41, 5.74) is 0. The first-order valence-electron chi connectivity index (χ1n) is 19.0. The Balaban J connectivity index is 4.57. The van der Waals surface area contributed by atoms with E-state index in [0.29, 0.717) is 17.4 Å². The van der Waals surface area contributed by atoms with Crippen LogP contribution in [0.15, 0.2) is 48.6 Å². The Morgan fingerprint density at radius 2 is 1.23 bits per heavy atom. The zero-order valence-electron chi connectivity index (χ0n) is 31.4. The number of amides is 1. The van der Waals surface area contributed by atoms with Crippen molar-refractivity contribution in [2.45, 2.75) is 154 Å². The largest absolute Gasteiger partial charge is 0.756 e. The lowest BCUT2D eigenvalue weighted by Gasteiger charge is -2.29. The molecule has 2 N–H and O–H groups in total. The number of phosphoric ester groups is 1. The van der Waals surface area contributed by atoms with Crippen LogP contribution in [0.25, 0.3) is 0 Å². The van der Waals surface area contributed by atoms with Crippen LogP contribution < -0.4 is 10.2 Å². The summed E-state index contributed by atoms with van der Waals surface area (Å²) < 4.78 is 23.0. The number of phosphoric acid groups is 1. The summed E-state index contributed by atoms with van der Waals surface area (Å²) in [5.74, 6) is -0.227. The molecule has 280 valence electrons. The summed E-state index contributed by atoms with van der Waals surface area (Å²) in [6, 6.07) is -0.908. The smallest absolute Gasteiger partial charge is 0.268 e. The minimum absolute atomic E-state index is 0.0111. The van der Waals surface area contributed by atoms with Gasteiger partial charge in [0, 0.05) is 6.42 Å². The number of allylic oxidation sites excluding steroid dienone is 7. The van der Waals surface area contributed by atoms with E-state index in [1.807, 2.05) is 27.2 Å². The van der Waals surface area contributed by atoms with Crippen molar-refractivity contribution in [2.24, 2.45) is 0 Å². The number of rotatable bonds is 33. The molecule has 0 heterocycles. The van der Waals surface area contributed by atoms with Crippen molar-refractivity contribution in [3.05, 3.63) is 48.6 Å². The van der Waals surface area contributed by atoms with Crippen molar-refractivity contribution in [1.29, 1.82) is 0 Å². The molecule has 9 heteroatoms. The van der Waals surface area contributed by atoms with Gasteiger partial charge in [-0.25, -0.2) is 0 Å². The number of unbranched alkanes of at least 4 members (excludes halogenated alkanes) is 14. The highest BCUT2D eigenvalue weighted by Crippen LogP contribution is 2.38. The molecule has 0 saturated carbocycles. The summed E-state index contributed by atoms with van der Waals surface area (Å²) in [7, 11) is 1.22. The number of aliphatic hydroxyl groups excluding tert-OH is 1. The van der Waals surface area contributed by atoms with Gasteiger partial charge in [-0.2, -0.15) is 0 Å². The van der Waals surface area contributed by atoms with Gasteiger partial charge in [0.15, 0.2) is 0 Å². The van der Waals surface area contributed by atoms with Gasteiger partial charge in [0.05, 0.1) is 39.9 Å². The third kappa shape index (κ3) is 33.0. The fourth-order valence-electron chi connectivity index (χ4n) is 4.90. The van der Waals surface area contributed by atoms with E-state index in [2.05, 4.69) is 55.6 Å². The van der Waals surface area contributed by atoms with Crippen LogP contribution in [0.5, 0.6) is 0 Å². The van der Waals surface area contributed by atoms with Crippen LogP contribution >= 0.6 is 7.82 Å².